The van der Waals surface area contributed by atoms with Gasteiger partial charge >= 0.3 is 11.9 Å². The average molecular weight is 432 g/mol. The lowest BCUT2D eigenvalue weighted by molar-refractivity contribution is -0.0851. The zero-order valence-electron chi connectivity index (χ0n) is 18.6. The van der Waals surface area contributed by atoms with Crippen LogP contribution in [0.3, 0.4) is 0 Å². The molecule has 3 aromatic rings. The van der Waals surface area contributed by atoms with Crippen molar-refractivity contribution >= 4 is 11.9 Å². The number of esters is 2. The number of benzene rings is 3. The molecule has 2 bridgehead atoms. The van der Waals surface area contributed by atoms with Crippen molar-refractivity contribution in [3.05, 3.63) is 82.4 Å². The van der Waals surface area contributed by atoms with E-state index in [1.165, 1.54) is 0 Å². The molecule has 0 amide bonds. The molecule has 0 N–H and O–H groups in total. The number of aryl methyl sites for hydroxylation is 1. The van der Waals surface area contributed by atoms with Gasteiger partial charge in [0.1, 0.15) is 5.56 Å². The largest absolute Gasteiger partial charge is 0.419 e. The van der Waals surface area contributed by atoms with Gasteiger partial charge in [0.25, 0.3) is 0 Å². The summed E-state index contributed by atoms with van der Waals surface area (Å²) in [5.41, 5.74) is 2.61. The summed E-state index contributed by atoms with van der Waals surface area (Å²) in [6.45, 7) is 9.77. The summed E-state index contributed by atoms with van der Waals surface area (Å²) in [5.74, 6) is 0.0541. The molecule has 6 nitrogen and oxygen atoms in total. The Morgan fingerprint density at radius 2 is 1.50 bits per heavy atom. The SMILES string of the molecule is Cc1cc(C(C)(C)C)c(OC(=O)c2ccc3cc2OO3)c(OC(=O)c2ccccc2)c1C. The fraction of sp³-hybridized carbons (Fsp3) is 0.231. The molecule has 1 heterocycles. The van der Waals surface area contributed by atoms with Crippen molar-refractivity contribution in [3.63, 3.8) is 0 Å². The first-order chi connectivity index (χ1) is 15.1. The Kier molecular flexibility index (Phi) is 5.38. The number of carbonyl (C=O) groups is 2. The smallest absolute Gasteiger partial charge is 0.347 e. The zero-order chi connectivity index (χ0) is 23.0. The molecule has 4 rings (SSSR count). The minimum Gasteiger partial charge on any atom is -0.419 e. The monoisotopic (exact) mass is 432 g/mol. The molecule has 6 heteroatoms. The van der Waals surface area contributed by atoms with E-state index < -0.39 is 11.9 Å². The van der Waals surface area contributed by atoms with Crippen LogP contribution in [0.25, 0.3) is 0 Å². The third kappa shape index (κ3) is 4.04. The molecule has 0 atom stereocenters. The summed E-state index contributed by atoms with van der Waals surface area (Å²) in [5, 5.41) is 0. The van der Waals surface area contributed by atoms with E-state index in [9.17, 15) is 9.59 Å². The van der Waals surface area contributed by atoms with Crippen molar-refractivity contribution in [1.82, 2.24) is 0 Å². The predicted octanol–water partition coefficient (Wildman–Crippen LogP) is 5.73. The first kappa shape index (κ1) is 21.4. The molecule has 0 spiro atoms. The van der Waals surface area contributed by atoms with Crippen LogP contribution in [0.15, 0.2) is 54.6 Å². The second kappa shape index (κ2) is 8.04. The minimum absolute atomic E-state index is 0.213. The molecule has 0 saturated heterocycles. The number of ether oxygens (including phenoxy) is 2. The van der Waals surface area contributed by atoms with Crippen LogP contribution in [0, 0.1) is 13.8 Å². The van der Waals surface area contributed by atoms with Gasteiger partial charge in [-0.3, -0.25) is 9.78 Å². The Labute approximate surface area is 186 Å². The lowest BCUT2D eigenvalue weighted by Crippen LogP contribution is -2.20. The molecule has 32 heavy (non-hydrogen) atoms. The van der Waals surface area contributed by atoms with Gasteiger partial charge in [-0.2, -0.15) is 0 Å². The lowest BCUT2D eigenvalue weighted by Gasteiger charge is -2.26. The van der Waals surface area contributed by atoms with Gasteiger partial charge in [-0.25, -0.2) is 9.59 Å². The van der Waals surface area contributed by atoms with Crippen molar-refractivity contribution in [2.24, 2.45) is 0 Å². The Bertz CT molecular complexity index is 1210. The van der Waals surface area contributed by atoms with Gasteiger partial charge in [-0.15, -0.1) is 0 Å². The molecule has 0 fully saturated rings. The van der Waals surface area contributed by atoms with Gasteiger partial charge in [-0.1, -0.05) is 45.0 Å². The van der Waals surface area contributed by atoms with E-state index in [1.807, 2.05) is 46.8 Å². The highest BCUT2D eigenvalue weighted by atomic mass is 17.2. The first-order valence-electron chi connectivity index (χ1n) is 10.3. The van der Waals surface area contributed by atoms with Gasteiger partial charge in [0.05, 0.1) is 5.56 Å². The number of rotatable bonds is 4. The van der Waals surface area contributed by atoms with E-state index in [-0.39, 0.29) is 28.2 Å². The van der Waals surface area contributed by atoms with E-state index in [2.05, 4.69) is 0 Å². The molecule has 0 unspecified atom stereocenters. The van der Waals surface area contributed by atoms with Crippen LogP contribution < -0.4 is 19.2 Å². The number of carbonyl (C=O) groups excluding carboxylic acids is 2. The number of hydrogen-bond acceptors (Lipinski definition) is 6. The van der Waals surface area contributed by atoms with E-state index in [4.69, 9.17) is 19.2 Å². The fourth-order valence-corrected chi connectivity index (χ4v) is 3.40. The van der Waals surface area contributed by atoms with Crippen LogP contribution >= 0.6 is 0 Å². The summed E-state index contributed by atoms with van der Waals surface area (Å²) < 4.78 is 11.7. The maximum absolute atomic E-state index is 13.1. The van der Waals surface area contributed by atoms with Gasteiger partial charge in [0.15, 0.2) is 23.0 Å². The highest BCUT2D eigenvalue weighted by Gasteiger charge is 2.30. The molecule has 0 saturated carbocycles. The third-order valence-electron chi connectivity index (χ3n) is 5.35. The van der Waals surface area contributed by atoms with Gasteiger partial charge in [-0.05, 0) is 54.7 Å². The summed E-state index contributed by atoms with van der Waals surface area (Å²) in [6, 6.07) is 15.4. The summed E-state index contributed by atoms with van der Waals surface area (Å²) in [6.07, 6.45) is 0. The molecule has 3 aromatic carbocycles. The maximum Gasteiger partial charge on any atom is 0.347 e. The first-order valence-corrected chi connectivity index (χ1v) is 10.3. The van der Waals surface area contributed by atoms with Crippen LogP contribution in [0.5, 0.6) is 23.0 Å². The minimum atomic E-state index is -0.636. The summed E-state index contributed by atoms with van der Waals surface area (Å²) in [4.78, 5) is 36.0. The normalized spacial score (nSPS) is 12.0. The second-order valence-electron chi connectivity index (χ2n) is 8.74. The molecule has 164 valence electrons. The Balaban J connectivity index is 1.79. The van der Waals surface area contributed by atoms with Crippen molar-refractivity contribution in [2.75, 3.05) is 0 Å². The third-order valence-corrected chi connectivity index (χ3v) is 5.35. The quantitative estimate of drug-likeness (QED) is 0.298. The molecule has 0 aromatic heterocycles. The Morgan fingerprint density at radius 3 is 2.19 bits per heavy atom. The summed E-state index contributed by atoms with van der Waals surface area (Å²) in [7, 11) is 0. The van der Waals surface area contributed by atoms with Gasteiger partial charge in [0.2, 0.25) is 0 Å². The van der Waals surface area contributed by atoms with Crippen molar-refractivity contribution in [3.8, 4) is 23.0 Å². The second-order valence-corrected chi connectivity index (χ2v) is 8.74. The van der Waals surface area contributed by atoms with Crippen molar-refractivity contribution < 1.29 is 28.8 Å². The van der Waals surface area contributed by atoms with Crippen LogP contribution in [-0.2, 0) is 5.41 Å². The fourth-order valence-electron chi connectivity index (χ4n) is 3.40. The van der Waals surface area contributed by atoms with Crippen LogP contribution in [0.4, 0.5) is 0 Å². The standard InChI is InChI=1S/C26H24O6/c1-15-13-20(26(3,4)5)23(30-25(28)19-12-11-18-14-21(19)32-31-18)22(16(15)2)29-24(27)17-9-7-6-8-10-17/h6-14H,1-5H3. The molecule has 0 radical (unpaired) electrons. The van der Waals surface area contributed by atoms with Gasteiger partial charge in [0, 0.05) is 11.6 Å². The number of hydrogen-bond donors (Lipinski definition) is 0. The van der Waals surface area contributed by atoms with Crippen LogP contribution in [0.2, 0.25) is 0 Å². The van der Waals surface area contributed by atoms with Crippen molar-refractivity contribution in [2.45, 2.75) is 40.0 Å². The van der Waals surface area contributed by atoms with E-state index >= 15 is 0 Å². The molecule has 1 aliphatic rings. The highest BCUT2D eigenvalue weighted by molar-refractivity contribution is 5.96. The van der Waals surface area contributed by atoms with E-state index in [1.54, 1.807) is 42.5 Å². The topological polar surface area (TPSA) is 71.1 Å². The van der Waals surface area contributed by atoms with E-state index in [0.29, 0.717) is 16.9 Å². The predicted molar refractivity (Wildman–Crippen MR) is 119 cm³/mol. The zero-order valence-corrected chi connectivity index (χ0v) is 18.6. The maximum atomic E-state index is 13.1. The van der Waals surface area contributed by atoms with Gasteiger partial charge < -0.3 is 9.47 Å². The highest BCUT2D eigenvalue weighted by Crippen LogP contribution is 2.43. The van der Waals surface area contributed by atoms with E-state index in [0.717, 1.165) is 11.1 Å². The number of fused-ring (bicyclic) bond motifs is 2. The van der Waals surface area contributed by atoms with Crippen molar-refractivity contribution in [1.29, 1.82) is 0 Å². The average Bonchev–Trinajstić information content (AvgIpc) is 3.13. The molecular weight excluding hydrogens is 408 g/mol. The molecule has 1 aliphatic heterocycles. The Morgan fingerprint density at radius 1 is 0.812 bits per heavy atom. The lowest BCUT2D eigenvalue weighted by atomic mass is 9.84. The summed E-state index contributed by atoms with van der Waals surface area (Å²) >= 11 is 0. The van der Waals surface area contributed by atoms with Crippen LogP contribution in [0.1, 0.15) is 58.2 Å². The Hall–Kier alpha value is -3.80. The molecule has 0 aliphatic carbocycles. The van der Waals surface area contributed by atoms with Crippen LogP contribution in [-0.4, -0.2) is 11.9 Å². The molecular formula is C26H24O6.